The van der Waals surface area contributed by atoms with Crippen molar-refractivity contribution in [2.24, 2.45) is 5.73 Å². The standard InChI is InChI=1S/C9H9N3O3/c1-14-5-3-2-4-6-7(5)8(12-15-6)11-9(10)13/h2-4H,1H3,(H3,10,11,12,13). The van der Waals surface area contributed by atoms with Crippen LogP contribution in [0.15, 0.2) is 22.7 Å². The first-order valence-electron chi connectivity index (χ1n) is 4.21. The molecule has 0 spiro atoms. The van der Waals surface area contributed by atoms with Crippen LogP contribution in [0.4, 0.5) is 10.6 Å². The van der Waals surface area contributed by atoms with Crippen molar-refractivity contribution in [3.05, 3.63) is 18.2 Å². The lowest BCUT2D eigenvalue weighted by Gasteiger charge is -2.01. The van der Waals surface area contributed by atoms with Crippen molar-refractivity contribution in [2.45, 2.75) is 0 Å². The molecule has 0 fully saturated rings. The number of carbonyl (C=O) groups excluding carboxylic acids is 1. The van der Waals surface area contributed by atoms with Crippen molar-refractivity contribution in [3.8, 4) is 5.75 Å². The molecule has 0 saturated heterocycles. The summed E-state index contributed by atoms with van der Waals surface area (Å²) >= 11 is 0. The summed E-state index contributed by atoms with van der Waals surface area (Å²) in [5, 5.41) is 6.63. The van der Waals surface area contributed by atoms with E-state index in [-0.39, 0.29) is 5.82 Å². The van der Waals surface area contributed by atoms with E-state index in [0.717, 1.165) is 0 Å². The largest absolute Gasteiger partial charge is 0.496 e. The maximum absolute atomic E-state index is 10.7. The molecule has 1 aromatic heterocycles. The first-order chi connectivity index (χ1) is 7.22. The number of aromatic nitrogens is 1. The van der Waals surface area contributed by atoms with Gasteiger partial charge in [-0.3, -0.25) is 5.32 Å². The Bertz CT molecular complexity index is 506. The van der Waals surface area contributed by atoms with Crippen molar-refractivity contribution < 1.29 is 14.1 Å². The lowest BCUT2D eigenvalue weighted by Crippen LogP contribution is -2.19. The third-order valence-electron chi connectivity index (χ3n) is 1.92. The van der Waals surface area contributed by atoms with E-state index in [0.29, 0.717) is 16.7 Å². The smallest absolute Gasteiger partial charge is 0.317 e. The van der Waals surface area contributed by atoms with Crippen LogP contribution in [0.2, 0.25) is 0 Å². The molecule has 0 aliphatic rings. The van der Waals surface area contributed by atoms with Gasteiger partial charge < -0.3 is 15.0 Å². The van der Waals surface area contributed by atoms with Gasteiger partial charge in [0.25, 0.3) is 0 Å². The van der Waals surface area contributed by atoms with Gasteiger partial charge in [-0.2, -0.15) is 0 Å². The molecule has 0 bridgehead atoms. The van der Waals surface area contributed by atoms with Crippen LogP contribution in [0.3, 0.4) is 0 Å². The summed E-state index contributed by atoms with van der Waals surface area (Å²) in [5.41, 5.74) is 5.52. The van der Waals surface area contributed by atoms with Gasteiger partial charge in [0.1, 0.15) is 11.1 Å². The zero-order valence-corrected chi connectivity index (χ0v) is 7.98. The number of hydrogen-bond acceptors (Lipinski definition) is 4. The second-order valence-electron chi connectivity index (χ2n) is 2.85. The van der Waals surface area contributed by atoms with Crippen LogP contribution in [0.1, 0.15) is 0 Å². The van der Waals surface area contributed by atoms with Crippen molar-refractivity contribution in [1.82, 2.24) is 5.16 Å². The summed E-state index contributed by atoms with van der Waals surface area (Å²) in [7, 11) is 1.52. The molecule has 6 nitrogen and oxygen atoms in total. The van der Waals surface area contributed by atoms with Crippen LogP contribution < -0.4 is 15.8 Å². The summed E-state index contributed by atoms with van der Waals surface area (Å²) in [5.74, 6) is 0.826. The average molecular weight is 207 g/mol. The van der Waals surface area contributed by atoms with Crippen molar-refractivity contribution in [2.75, 3.05) is 12.4 Å². The highest BCUT2D eigenvalue weighted by Crippen LogP contribution is 2.31. The van der Waals surface area contributed by atoms with E-state index in [9.17, 15) is 4.79 Å². The number of primary amides is 1. The molecule has 0 saturated carbocycles. The first-order valence-corrected chi connectivity index (χ1v) is 4.21. The summed E-state index contributed by atoms with van der Waals surface area (Å²) in [6.07, 6.45) is 0. The van der Waals surface area contributed by atoms with Crippen molar-refractivity contribution >= 4 is 22.8 Å². The van der Waals surface area contributed by atoms with Gasteiger partial charge in [-0.05, 0) is 12.1 Å². The average Bonchev–Trinajstić information content (AvgIpc) is 2.61. The zero-order valence-electron chi connectivity index (χ0n) is 7.98. The summed E-state index contributed by atoms with van der Waals surface area (Å²) < 4.78 is 10.1. The molecule has 2 amide bonds. The van der Waals surface area contributed by atoms with E-state index < -0.39 is 6.03 Å². The minimum Gasteiger partial charge on any atom is -0.496 e. The Hall–Kier alpha value is -2.24. The number of rotatable bonds is 2. The molecule has 0 aliphatic heterocycles. The van der Waals surface area contributed by atoms with Gasteiger partial charge in [-0.15, -0.1) is 0 Å². The van der Waals surface area contributed by atoms with Gasteiger partial charge in [0.15, 0.2) is 11.4 Å². The van der Waals surface area contributed by atoms with Gasteiger partial charge >= 0.3 is 6.03 Å². The third-order valence-corrected chi connectivity index (χ3v) is 1.92. The van der Waals surface area contributed by atoms with Gasteiger partial charge in [0.2, 0.25) is 0 Å². The summed E-state index contributed by atoms with van der Waals surface area (Å²) in [6, 6.07) is 4.53. The lowest BCUT2D eigenvalue weighted by atomic mass is 10.2. The van der Waals surface area contributed by atoms with Crippen molar-refractivity contribution in [3.63, 3.8) is 0 Å². The van der Waals surface area contributed by atoms with E-state index >= 15 is 0 Å². The number of benzene rings is 1. The van der Waals surface area contributed by atoms with Gasteiger partial charge in [-0.25, -0.2) is 4.79 Å². The Labute approximate surface area is 85.0 Å². The van der Waals surface area contributed by atoms with E-state index in [1.807, 2.05) is 0 Å². The molecule has 0 radical (unpaired) electrons. The number of amides is 2. The Morgan fingerprint density at radius 2 is 2.40 bits per heavy atom. The highest BCUT2D eigenvalue weighted by atomic mass is 16.5. The van der Waals surface area contributed by atoms with Gasteiger partial charge in [-0.1, -0.05) is 11.2 Å². The molecule has 0 aliphatic carbocycles. The van der Waals surface area contributed by atoms with Crippen LogP contribution >= 0.6 is 0 Å². The summed E-state index contributed by atoms with van der Waals surface area (Å²) in [6.45, 7) is 0. The highest BCUT2D eigenvalue weighted by molar-refractivity contribution is 6.00. The highest BCUT2D eigenvalue weighted by Gasteiger charge is 2.13. The van der Waals surface area contributed by atoms with Crippen LogP contribution in [0.5, 0.6) is 5.75 Å². The number of urea groups is 1. The van der Waals surface area contributed by atoms with E-state index in [2.05, 4.69) is 10.5 Å². The number of hydrogen-bond donors (Lipinski definition) is 2. The third kappa shape index (κ3) is 1.56. The number of ether oxygens (including phenoxy) is 1. The summed E-state index contributed by atoms with van der Waals surface area (Å²) in [4.78, 5) is 10.7. The Balaban J connectivity index is 2.60. The molecule has 3 N–H and O–H groups in total. The SMILES string of the molecule is COc1cccc2onc(NC(N)=O)c12. The molecule has 0 atom stereocenters. The minimum absolute atomic E-state index is 0.259. The molecule has 1 heterocycles. The van der Waals surface area contributed by atoms with Gasteiger partial charge in [0.05, 0.1) is 7.11 Å². The molecule has 0 unspecified atom stereocenters. The minimum atomic E-state index is -0.698. The normalized spacial score (nSPS) is 10.2. The second kappa shape index (κ2) is 3.49. The quantitative estimate of drug-likeness (QED) is 0.777. The Morgan fingerprint density at radius 3 is 3.07 bits per heavy atom. The predicted octanol–water partition coefficient (Wildman–Crippen LogP) is 1.33. The van der Waals surface area contributed by atoms with E-state index in [4.69, 9.17) is 15.0 Å². The predicted molar refractivity (Wildman–Crippen MR) is 53.8 cm³/mol. The van der Waals surface area contributed by atoms with Crippen LogP contribution in [-0.4, -0.2) is 18.3 Å². The van der Waals surface area contributed by atoms with Crippen molar-refractivity contribution in [1.29, 1.82) is 0 Å². The van der Waals surface area contributed by atoms with E-state index in [1.165, 1.54) is 7.11 Å². The zero-order chi connectivity index (χ0) is 10.8. The molecule has 78 valence electrons. The number of nitrogens with two attached hydrogens (primary N) is 1. The topological polar surface area (TPSA) is 90.4 Å². The molecular weight excluding hydrogens is 198 g/mol. The molecule has 2 aromatic rings. The molecule has 2 rings (SSSR count). The molecule has 1 aromatic carbocycles. The maximum Gasteiger partial charge on any atom is 0.317 e. The van der Waals surface area contributed by atoms with Crippen LogP contribution in [0, 0.1) is 0 Å². The number of fused-ring (bicyclic) bond motifs is 1. The lowest BCUT2D eigenvalue weighted by molar-refractivity contribution is 0.259. The fraction of sp³-hybridized carbons (Fsp3) is 0.111. The first kappa shape index (κ1) is 9.32. The fourth-order valence-corrected chi connectivity index (χ4v) is 1.33. The number of methoxy groups -OCH3 is 1. The van der Waals surface area contributed by atoms with Crippen LogP contribution in [-0.2, 0) is 0 Å². The molecular formula is C9H9N3O3. The number of anilines is 1. The Kier molecular flexibility index (Phi) is 2.17. The molecule has 6 heteroatoms. The number of nitrogens with zero attached hydrogens (tertiary/aromatic N) is 1. The number of carbonyl (C=O) groups is 1. The van der Waals surface area contributed by atoms with Gasteiger partial charge in [0, 0.05) is 0 Å². The monoisotopic (exact) mass is 207 g/mol. The second-order valence-corrected chi connectivity index (χ2v) is 2.85. The maximum atomic E-state index is 10.7. The Morgan fingerprint density at radius 1 is 1.60 bits per heavy atom. The molecule has 15 heavy (non-hydrogen) atoms. The van der Waals surface area contributed by atoms with Crippen LogP contribution in [0.25, 0.3) is 11.0 Å². The van der Waals surface area contributed by atoms with E-state index in [1.54, 1.807) is 18.2 Å². The fourth-order valence-electron chi connectivity index (χ4n) is 1.33. The number of nitrogens with one attached hydrogen (secondary N) is 1.